The summed E-state index contributed by atoms with van der Waals surface area (Å²) in [5.41, 5.74) is 25.7. The van der Waals surface area contributed by atoms with Crippen LogP contribution >= 0.6 is 0 Å². The molecule has 4 aromatic carbocycles. The van der Waals surface area contributed by atoms with E-state index in [1.807, 2.05) is 0 Å². The highest BCUT2D eigenvalue weighted by Gasteiger charge is 2.28. The van der Waals surface area contributed by atoms with Crippen LogP contribution in [-0.2, 0) is 0 Å². The van der Waals surface area contributed by atoms with Crippen molar-refractivity contribution >= 4 is 46.4 Å². The topological polar surface area (TPSA) is 94.3 Å². The number of rotatable bonds is 36. The van der Waals surface area contributed by atoms with Crippen molar-refractivity contribution < 1.29 is 18.9 Å². The average molecular weight is 1350 g/mol. The fourth-order valence-electron chi connectivity index (χ4n) is 14.6. The Morgan fingerprint density at radius 1 is 0.260 bits per heavy atom. The molecule has 0 spiro atoms. The minimum atomic E-state index is 0.196. The van der Waals surface area contributed by atoms with Gasteiger partial charge in [-0.1, -0.05) is 216 Å². The Hall–Kier alpha value is -7.32. The van der Waals surface area contributed by atoms with Gasteiger partial charge in [0, 0.05) is 44.3 Å². The highest BCUT2D eigenvalue weighted by Crippen LogP contribution is 2.48. The van der Waals surface area contributed by atoms with Crippen LogP contribution in [0.25, 0.3) is 90.9 Å². The van der Waals surface area contributed by atoms with E-state index in [1.54, 1.807) is 0 Å². The van der Waals surface area contributed by atoms with Crippen molar-refractivity contribution in [3.05, 3.63) is 140 Å². The summed E-state index contributed by atoms with van der Waals surface area (Å²) in [5.74, 6) is 5.67. The van der Waals surface area contributed by atoms with Gasteiger partial charge in [0.15, 0.2) is 0 Å². The number of aromatic amines is 2. The van der Waals surface area contributed by atoms with Gasteiger partial charge >= 0.3 is 0 Å². The van der Waals surface area contributed by atoms with E-state index in [2.05, 4.69) is 246 Å². The molecule has 2 N–H and O–H groups in total. The zero-order chi connectivity index (χ0) is 71.9. The standard InChI is InChI=1S/C92H126N4O4/c1-21-25-29-33-45-97-89-69(57(5)6)49-65(50-70(89)58(7)8)85-77-37-39-79(93-77)86(66-51-71(59(9)10)90(72(52-66)60(11)12)98-46-34-30-26-22-2)81-41-43-83(95-81)88(68-55-75(63(17)18)92(76(56-68)64(19)20)100-48-36-32-28-24-4)84-44-42-82(96-84)87(80-40-38-78(85)94-80)67-53-73(61(13)14)91(74(54-67)62(15)16)99-47-35-31-27-23-3/h37-44,49-64,93,96H,21-36,45-48H2,1-20H3. The van der Waals surface area contributed by atoms with E-state index >= 15 is 0 Å². The summed E-state index contributed by atoms with van der Waals surface area (Å²) in [7, 11) is 0. The van der Waals surface area contributed by atoms with Crippen LogP contribution in [0.3, 0.4) is 0 Å². The molecule has 0 atom stereocenters. The number of hydrogen-bond acceptors (Lipinski definition) is 6. The summed E-state index contributed by atoms with van der Waals surface area (Å²) in [4.78, 5) is 20.3. The van der Waals surface area contributed by atoms with Crippen molar-refractivity contribution in [2.75, 3.05) is 26.4 Å². The predicted octanol–water partition coefficient (Wildman–Crippen LogP) is 28.1. The van der Waals surface area contributed by atoms with Crippen molar-refractivity contribution in [3.63, 3.8) is 0 Å². The highest BCUT2D eigenvalue weighted by molar-refractivity contribution is 6.00. The third-order valence-electron chi connectivity index (χ3n) is 20.4. The predicted molar refractivity (Wildman–Crippen MR) is 432 cm³/mol. The molecular weight excluding hydrogens is 1230 g/mol. The van der Waals surface area contributed by atoms with Gasteiger partial charge in [-0.2, -0.15) is 0 Å². The third-order valence-corrected chi connectivity index (χ3v) is 20.4. The second-order valence-electron chi connectivity index (χ2n) is 31.3. The zero-order valence-electron chi connectivity index (χ0n) is 65.5. The van der Waals surface area contributed by atoms with E-state index in [1.165, 1.54) is 95.9 Å². The molecule has 0 fully saturated rings. The van der Waals surface area contributed by atoms with Crippen LogP contribution in [0.5, 0.6) is 23.0 Å². The Morgan fingerprint density at radius 3 is 0.600 bits per heavy atom. The molecule has 0 saturated heterocycles. The lowest BCUT2D eigenvalue weighted by atomic mass is 9.89. The number of fused-ring (bicyclic) bond motifs is 8. The van der Waals surface area contributed by atoms with Crippen LogP contribution in [0.4, 0.5) is 0 Å². The summed E-state index contributed by atoms with van der Waals surface area (Å²) in [6.45, 7) is 48.8. The summed E-state index contributed by atoms with van der Waals surface area (Å²) in [6.07, 6.45) is 27.4. The van der Waals surface area contributed by atoms with E-state index in [-0.39, 0.29) is 47.3 Å². The van der Waals surface area contributed by atoms with Gasteiger partial charge in [-0.05, 0) is 237 Å². The second kappa shape index (κ2) is 36.0. The minimum absolute atomic E-state index is 0.196. The van der Waals surface area contributed by atoms with Gasteiger partial charge in [0.25, 0.3) is 0 Å². The van der Waals surface area contributed by atoms with E-state index in [4.69, 9.17) is 28.9 Å². The first-order valence-corrected chi connectivity index (χ1v) is 39.5. The molecule has 0 amide bonds. The molecule has 0 radical (unpaired) electrons. The summed E-state index contributed by atoms with van der Waals surface area (Å²) in [6, 6.07) is 28.4. The van der Waals surface area contributed by atoms with Crippen molar-refractivity contribution in [1.29, 1.82) is 0 Å². The van der Waals surface area contributed by atoms with Gasteiger partial charge in [-0.3, -0.25) is 0 Å². The molecule has 2 aliphatic heterocycles. The van der Waals surface area contributed by atoms with Gasteiger partial charge in [0.1, 0.15) is 23.0 Å². The molecule has 0 aliphatic carbocycles. The molecule has 0 saturated carbocycles. The first kappa shape index (κ1) is 76.9. The van der Waals surface area contributed by atoms with Crippen molar-refractivity contribution in [2.24, 2.45) is 0 Å². The molecule has 8 bridgehead atoms. The maximum absolute atomic E-state index is 6.97. The third kappa shape index (κ3) is 18.1. The van der Waals surface area contributed by atoms with Gasteiger partial charge in [-0.25, -0.2) is 9.97 Å². The molecule has 100 heavy (non-hydrogen) atoms. The molecule has 5 heterocycles. The maximum Gasteiger partial charge on any atom is 0.126 e. The minimum Gasteiger partial charge on any atom is -0.493 e. The first-order chi connectivity index (χ1) is 48.1. The van der Waals surface area contributed by atoms with E-state index < -0.39 is 0 Å². The number of nitrogens with one attached hydrogen (secondary N) is 2. The van der Waals surface area contributed by atoms with Gasteiger partial charge in [0.2, 0.25) is 0 Å². The highest BCUT2D eigenvalue weighted by atomic mass is 16.5. The molecule has 8 heteroatoms. The molecule has 7 aromatic rings. The summed E-state index contributed by atoms with van der Waals surface area (Å²) < 4.78 is 27.9. The Kier molecular flexibility index (Phi) is 27.7. The average Bonchev–Trinajstić information content (AvgIpc) is 1.61. The van der Waals surface area contributed by atoms with Crippen molar-refractivity contribution in [2.45, 2.75) is 289 Å². The Balaban J connectivity index is 1.47. The maximum atomic E-state index is 6.97. The smallest absolute Gasteiger partial charge is 0.126 e. The number of hydrogen-bond donors (Lipinski definition) is 2. The van der Waals surface area contributed by atoms with Gasteiger partial charge < -0.3 is 28.9 Å². The van der Waals surface area contributed by atoms with Crippen LogP contribution in [-0.4, -0.2) is 46.4 Å². The van der Waals surface area contributed by atoms with Gasteiger partial charge in [-0.15, -0.1) is 0 Å². The largest absolute Gasteiger partial charge is 0.493 e. The number of ether oxygens (including phenoxy) is 4. The fraction of sp³-hybridized carbons (Fsp3) is 0.522. The quantitative estimate of drug-likeness (QED) is 0.0380. The van der Waals surface area contributed by atoms with Crippen LogP contribution in [0.2, 0.25) is 0 Å². The summed E-state index contributed by atoms with van der Waals surface area (Å²) >= 11 is 0. The van der Waals surface area contributed by atoms with Gasteiger partial charge in [0.05, 0.1) is 49.2 Å². The number of aromatic nitrogens is 4. The van der Waals surface area contributed by atoms with E-state index in [9.17, 15) is 0 Å². The molecule has 3 aromatic heterocycles. The molecule has 0 unspecified atom stereocenters. The monoisotopic (exact) mass is 1350 g/mol. The fourth-order valence-corrected chi connectivity index (χ4v) is 14.6. The Labute approximate surface area is 604 Å². The molecule has 8 nitrogen and oxygen atoms in total. The molecule has 2 aliphatic rings. The number of nitrogens with zero attached hydrogens (tertiary/aromatic N) is 2. The Morgan fingerprint density at radius 2 is 0.440 bits per heavy atom. The Bertz CT molecular complexity index is 3490. The lowest BCUT2D eigenvalue weighted by molar-refractivity contribution is 0.297. The number of H-pyrrole nitrogens is 2. The van der Waals surface area contributed by atoms with E-state index in [0.29, 0.717) is 26.4 Å². The number of unbranched alkanes of at least 4 members (excludes halogenated alkanes) is 12. The van der Waals surface area contributed by atoms with Crippen LogP contribution in [0.1, 0.15) is 356 Å². The van der Waals surface area contributed by atoms with Crippen molar-refractivity contribution in [1.82, 2.24) is 19.9 Å². The van der Waals surface area contributed by atoms with Crippen molar-refractivity contribution in [3.8, 4) is 67.5 Å². The summed E-state index contributed by atoms with van der Waals surface area (Å²) in [5, 5.41) is 0. The number of benzene rings is 4. The molecule has 538 valence electrons. The SMILES string of the molecule is CCCCCCOc1c(C(C)C)cc(-c2c3nc(c(-c4cc(C(C)C)c(OCCCCCC)c(C(C)C)c4)c4ccc([nH]4)c(-c4cc(C(C)C)c(OCCCCCC)c(C(C)C)c4)c4nc(c(-c5cc(C(C)C)c(OCCCCCC)c(C(C)C)c5)c5ccc2[nH]5)C=C4)C=C3)cc1C(C)C. The second-order valence-corrected chi connectivity index (χ2v) is 31.3. The zero-order valence-corrected chi connectivity index (χ0v) is 65.5. The lowest BCUT2D eigenvalue weighted by Gasteiger charge is -2.23. The normalized spacial score (nSPS) is 12.4. The molecular formula is C92H126N4O4. The van der Waals surface area contributed by atoms with Crippen LogP contribution in [0, 0.1) is 0 Å². The van der Waals surface area contributed by atoms with Crippen LogP contribution in [0.15, 0.2) is 72.8 Å². The van der Waals surface area contributed by atoms with Crippen LogP contribution < -0.4 is 18.9 Å². The lowest BCUT2D eigenvalue weighted by Crippen LogP contribution is -2.07. The first-order valence-electron chi connectivity index (χ1n) is 39.5. The molecule has 9 rings (SSSR count). The van der Waals surface area contributed by atoms with E-state index in [0.717, 1.165) is 164 Å².